The molecule has 5 nitrogen and oxygen atoms in total. The van der Waals surface area contributed by atoms with Crippen LogP contribution in [0.1, 0.15) is 31.7 Å². The maximum Gasteiger partial charge on any atom is 0.315 e. The zero-order valence-electron chi connectivity index (χ0n) is 12.9. The van der Waals surface area contributed by atoms with Crippen molar-refractivity contribution in [1.82, 2.24) is 10.6 Å². The molecule has 0 aromatic heterocycles. The average molecular weight is 301 g/mol. The highest BCUT2D eigenvalue weighted by atomic mass is 16.2. The Morgan fingerprint density at radius 3 is 2.82 bits per heavy atom. The molecule has 0 fully saturated rings. The third kappa shape index (κ3) is 5.60. The van der Waals surface area contributed by atoms with Crippen LogP contribution in [-0.2, 0) is 11.3 Å². The Labute approximate surface area is 131 Å². The van der Waals surface area contributed by atoms with Gasteiger partial charge in [-0.2, -0.15) is 0 Å². The van der Waals surface area contributed by atoms with Gasteiger partial charge in [0.05, 0.1) is 0 Å². The number of amides is 3. The molecule has 5 heteroatoms. The molecule has 22 heavy (non-hydrogen) atoms. The topological polar surface area (TPSA) is 70.2 Å². The minimum atomic E-state index is -0.153. The van der Waals surface area contributed by atoms with E-state index >= 15 is 0 Å². The highest BCUT2D eigenvalue weighted by Gasteiger charge is 2.11. The summed E-state index contributed by atoms with van der Waals surface area (Å²) >= 11 is 0. The molecule has 1 aromatic rings. The van der Waals surface area contributed by atoms with Crippen LogP contribution in [-0.4, -0.2) is 18.5 Å². The largest absolute Gasteiger partial charge is 0.338 e. The molecule has 0 bridgehead atoms. The maximum absolute atomic E-state index is 11.8. The second-order valence-electron chi connectivity index (χ2n) is 5.60. The summed E-state index contributed by atoms with van der Waals surface area (Å²) in [4.78, 5) is 22.8. The van der Waals surface area contributed by atoms with Crippen LogP contribution >= 0.6 is 0 Å². The van der Waals surface area contributed by atoms with Crippen LogP contribution in [0, 0.1) is 5.92 Å². The van der Waals surface area contributed by atoms with Gasteiger partial charge in [-0.3, -0.25) is 4.79 Å². The summed E-state index contributed by atoms with van der Waals surface area (Å²) < 4.78 is 0. The number of anilines is 1. The Morgan fingerprint density at radius 1 is 1.23 bits per heavy atom. The second-order valence-corrected chi connectivity index (χ2v) is 5.60. The quantitative estimate of drug-likeness (QED) is 0.732. The number of benzene rings is 1. The summed E-state index contributed by atoms with van der Waals surface area (Å²) in [7, 11) is 0. The molecular weight excluding hydrogens is 278 g/mol. The van der Waals surface area contributed by atoms with E-state index < -0.39 is 0 Å². The fourth-order valence-corrected chi connectivity index (χ4v) is 2.49. The third-order valence-corrected chi connectivity index (χ3v) is 3.63. The molecule has 1 unspecified atom stereocenters. The van der Waals surface area contributed by atoms with Gasteiger partial charge in [0.1, 0.15) is 0 Å². The monoisotopic (exact) mass is 301 g/mol. The maximum atomic E-state index is 11.8. The fraction of sp³-hybridized carbons (Fsp3) is 0.412. The van der Waals surface area contributed by atoms with Gasteiger partial charge in [-0.05, 0) is 42.9 Å². The zero-order valence-corrected chi connectivity index (χ0v) is 12.9. The number of hydrogen-bond donors (Lipinski definition) is 3. The van der Waals surface area contributed by atoms with E-state index in [9.17, 15) is 9.59 Å². The molecule has 0 spiro atoms. The Kier molecular flexibility index (Phi) is 6.01. The predicted octanol–water partition coefficient (Wildman–Crippen LogP) is 2.80. The van der Waals surface area contributed by atoms with E-state index in [1.807, 2.05) is 24.3 Å². The van der Waals surface area contributed by atoms with Gasteiger partial charge in [-0.25, -0.2) is 4.79 Å². The first-order valence-corrected chi connectivity index (χ1v) is 7.66. The van der Waals surface area contributed by atoms with Crippen molar-refractivity contribution in [2.24, 2.45) is 5.92 Å². The van der Waals surface area contributed by atoms with Gasteiger partial charge >= 0.3 is 6.03 Å². The molecule has 1 aliphatic rings. The van der Waals surface area contributed by atoms with E-state index in [4.69, 9.17) is 0 Å². The summed E-state index contributed by atoms with van der Waals surface area (Å²) in [6, 6.07) is 7.29. The van der Waals surface area contributed by atoms with Gasteiger partial charge < -0.3 is 16.0 Å². The van der Waals surface area contributed by atoms with E-state index in [2.05, 4.69) is 28.1 Å². The van der Waals surface area contributed by atoms with Crippen molar-refractivity contribution in [2.75, 3.05) is 11.9 Å². The van der Waals surface area contributed by atoms with Crippen molar-refractivity contribution < 1.29 is 9.59 Å². The Bertz CT molecular complexity index is 555. The molecule has 0 heterocycles. The van der Waals surface area contributed by atoms with E-state index in [1.165, 1.54) is 6.92 Å². The molecule has 0 saturated carbocycles. The highest BCUT2D eigenvalue weighted by Crippen LogP contribution is 2.16. The van der Waals surface area contributed by atoms with Gasteiger partial charge in [0, 0.05) is 25.7 Å². The zero-order chi connectivity index (χ0) is 15.8. The molecule has 3 N–H and O–H groups in total. The molecule has 3 amide bonds. The first-order chi connectivity index (χ1) is 10.6. The minimum absolute atomic E-state index is 0.107. The standard InChI is InChI=1S/C17H23N3O2/c1-13(21)20-16-9-5-8-15(10-16)12-19-17(22)18-11-14-6-3-2-4-7-14/h2-3,5,8-10,14H,4,6-7,11-12H2,1H3,(H,20,21)(H2,18,19,22). The van der Waals surface area contributed by atoms with E-state index in [0.29, 0.717) is 19.0 Å². The van der Waals surface area contributed by atoms with Crippen LogP contribution in [0.4, 0.5) is 10.5 Å². The lowest BCUT2D eigenvalue weighted by molar-refractivity contribution is -0.114. The molecule has 1 aliphatic carbocycles. The molecule has 0 saturated heterocycles. The second kappa shape index (κ2) is 8.22. The number of hydrogen-bond acceptors (Lipinski definition) is 2. The van der Waals surface area contributed by atoms with Crippen LogP contribution in [0.5, 0.6) is 0 Å². The molecule has 1 atom stereocenters. The van der Waals surface area contributed by atoms with E-state index in [0.717, 1.165) is 30.5 Å². The molecule has 0 aliphatic heterocycles. The predicted molar refractivity (Wildman–Crippen MR) is 87.5 cm³/mol. The lowest BCUT2D eigenvalue weighted by atomic mass is 9.94. The number of nitrogens with one attached hydrogen (secondary N) is 3. The normalized spacial score (nSPS) is 16.9. The molecule has 0 radical (unpaired) electrons. The number of allylic oxidation sites excluding steroid dienone is 2. The first-order valence-electron chi connectivity index (χ1n) is 7.66. The van der Waals surface area contributed by atoms with Crippen molar-refractivity contribution >= 4 is 17.6 Å². The number of rotatable bonds is 5. The van der Waals surface area contributed by atoms with Crippen LogP contribution < -0.4 is 16.0 Å². The van der Waals surface area contributed by atoms with Gasteiger partial charge in [0.15, 0.2) is 0 Å². The number of carbonyl (C=O) groups excluding carboxylic acids is 2. The smallest absolute Gasteiger partial charge is 0.315 e. The van der Waals surface area contributed by atoms with Crippen molar-refractivity contribution in [3.63, 3.8) is 0 Å². The van der Waals surface area contributed by atoms with Crippen molar-refractivity contribution in [2.45, 2.75) is 32.7 Å². The third-order valence-electron chi connectivity index (χ3n) is 3.63. The molecule has 1 aromatic carbocycles. The Balaban J connectivity index is 1.73. The Hall–Kier alpha value is -2.30. The SMILES string of the molecule is CC(=O)Nc1cccc(CNC(=O)NCC2CC=CCC2)c1. The Morgan fingerprint density at radius 2 is 2.09 bits per heavy atom. The lowest BCUT2D eigenvalue weighted by Crippen LogP contribution is -2.38. The summed E-state index contributed by atoms with van der Waals surface area (Å²) in [6.45, 7) is 2.62. The van der Waals surface area contributed by atoms with E-state index in [-0.39, 0.29) is 11.9 Å². The van der Waals surface area contributed by atoms with Gasteiger partial charge in [-0.15, -0.1) is 0 Å². The lowest BCUT2D eigenvalue weighted by Gasteiger charge is -2.18. The summed E-state index contributed by atoms with van der Waals surface area (Å²) in [6.07, 6.45) is 7.65. The van der Waals surface area contributed by atoms with Crippen LogP contribution in [0.15, 0.2) is 36.4 Å². The van der Waals surface area contributed by atoms with Crippen molar-refractivity contribution in [1.29, 1.82) is 0 Å². The number of urea groups is 1. The molecular formula is C17H23N3O2. The van der Waals surface area contributed by atoms with Crippen LogP contribution in [0.3, 0.4) is 0 Å². The molecule has 2 rings (SSSR count). The van der Waals surface area contributed by atoms with Gasteiger partial charge in [-0.1, -0.05) is 24.3 Å². The van der Waals surface area contributed by atoms with Crippen LogP contribution in [0.2, 0.25) is 0 Å². The van der Waals surface area contributed by atoms with Gasteiger partial charge in [0.25, 0.3) is 0 Å². The summed E-state index contributed by atoms with van der Waals surface area (Å²) in [5.41, 5.74) is 1.68. The van der Waals surface area contributed by atoms with Crippen LogP contribution in [0.25, 0.3) is 0 Å². The highest BCUT2D eigenvalue weighted by molar-refractivity contribution is 5.88. The van der Waals surface area contributed by atoms with Crippen molar-refractivity contribution in [3.8, 4) is 0 Å². The van der Waals surface area contributed by atoms with E-state index in [1.54, 1.807) is 0 Å². The van der Waals surface area contributed by atoms with Crippen molar-refractivity contribution in [3.05, 3.63) is 42.0 Å². The molecule has 118 valence electrons. The first kappa shape index (κ1) is 16.1. The fourth-order valence-electron chi connectivity index (χ4n) is 2.49. The minimum Gasteiger partial charge on any atom is -0.338 e. The number of carbonyl (C=O) groups is 2. The summed E-state index contributed by atoms with van der Waals surface area (Å²) in [5.74, 6) is 0.434. The van der Waals surface area contributed by atoms with Gasteiger partial charge in [0.2, 0.25) is 5.91 Å². The summed E-state index contributed by atoms with van der Waals surface area (Å²) in [5, 5.41) is 8.48. The average Bonchev–Trinajstić information content (AvgIpc) is 2.52.